The average Bonchev–Trinajstić information content (AvgIpc) is 3.25. The number of carbonyl (C=O) groups is 1. The topological polar surface area (TPSA) is 94.2 Å². The number of urea groups is 1. The number of imidazole rings is 1. The van der Waals surface area contributed by atoms with E-state index in [-0.39, 0.29) is 6.03 Å². The smallest absolute Gasteiger partial charge is 0.319 e. The van der Waals surface area contributed by atoms with Crippen molar-refractivity contribution in [3.63, 3.8) is 0 Å². The minimum atomic E-state index is -0.201. The fourth-order valence-corrected chi connectivity index (χ4v) is 3.41. The predicted octanol–water partition coefficient (Wildman–Crippen LogP) is 5.22. The number of nitrogen functional groups attached to an aromatic ring is 1. The molecule has 0 saturated carbocycles. The van der Waals surface area contributed by atoms with Gasteiger partial charge in [-0.15, -0.1) is 0 Å². The molecule has 1 aromatic heterocycles. The summed E-state index contributed by atoms with van der Waals surface area (Å²) in [7, 11) is 0. The molecule has 0 spiro atoms. The fraction of sp³-hybridized carbons (Fsp3) is 0.360. The maximum Gasteiger partial charge on any atom is 0.319 e. The lowest BCUT2D eigenvalue weighted by Crippen LogP contribution is -2.30. The molecule has 3 aromatic rings. The average molecular weight is 436 g/mol. The van der Waals surface area contributed by atoms with E-state index in [2.05, 4.69) is 22.5 Å². The number of nitrogens with zero attached hydrogens (tertiary/aromatic N) is 2. The number of unbranched alkanes of at least 4 members (excludes halogenated alkanes) is 2. The molecule has 170 valence electrons. The number of nitrogens with one attached hydrogen (secondary N) is 2. The molecule has 1 heterocycles. The Morgan fingerprint density at radius 1 is 1.16 bits per heavy atom. The molecule has 4 N–H and O–H groups in total. The van der Waals surface area contributed by atoms with Crippen LogP contribution >= 0.6 is 0 Å². The van der Waals surface area contributed by atoms with Crippen LogP contribution in [0.15, 0.2) is 55.0 Å². The normalized spacial score (nSPS) is 10.7. The van der Waals surface area contributed by atoms with Crippen LogP contribution in [0.4, 0.5) is 16.2 Å². The summed E-state index contributed by atoms with van der Waals surface area (Å²) < 4.78 is 8.04. The first-order valence-corrected chi connectivity index (χ1v) is 11.2. The van der Waals surface area contributed by atoms with Gasteiger partial charge in [-0.1, -0.05) is 44.0 Å². The second kappa shape index (κ2) is 11.8. The number of rotatable bonds is 11. The summed E-state index contributed by atoms with van der Waals surface area (Å²) in [5.74, 6) is 0.680. The number of benzene rings is 2. The van der Waals surface area contributed by atoms with Crippen LogP contribution in [0.5, 0.6) is 5.75 Å². The Bertz CT molecular complexity index is 1020. The number of hydrogen-bond acceptors (Lipinski definition) is 4. The van der Waals surface area contributed by atoms with Gasteiger partial charge in [0, 0.05) is 30.5 Å². The highest BCUT2D eigenvalue weighted by molar-refractivity contribution is 5.91. The summed E-state index contributed by atoms with van der Waals surface area (Å²) in [4.78, 5) is 16.7. The number of aromatic nitrogens is 2. The van der Waals surface area contributed by atoms with E-state index in [1.807, 2.05) is 66.5 Å². The highest BCUT2D eigenvalue weighted by Gasteiger charge is 2.10. The van der Waals surface area contributed by atoms with Crippen molar-refractivity contribution in [3.8, 4) is 17.0 Å². The Morgan fingerprint density at radius 3 is 2.81 bits per heavy atom. The van der Waals surface area contributed by atoms with E-state index in [9.17, 15) is 4.79 Å². The minimum Gasteiger partial charge on any atom is -0.491 e. The van der Waals surface area contributed by atoms with E-state index in [1.165, 1.54) is 0 Å². The third-order valence-corrected chi connectivity index (χ3v) is 5.17. The highest BCUT2D eigenvalue weighted by atomic mass is 16.5. The summed E-state index contributed by atoms with van der Waals surface area (Å²) in [6, 6.07) is 13.3. The molecule has 0 unspecified atom stereocenters. The van der Waals surface area contributed by atoms with Crippen molar-refractivity contribution in [2.45, 2.75) is 46.1 Å². The van der Waals surface area contributed by atoms with Gasteiger partial charge in [-0.05, 0) is 43.5 Å². The molecule has 3 rings (SSSR count). The van der Waals surface area contributed by atoms with Crippen molar-refractivity contribution in [1.29, 1.82) is 0 Å². The summed E-state index contributed by atoms with van der Waals surface area (Å²) in [6.45, 7) is 6.08. The maximum absolute atomic E-state index is 12.2. The molecule has 0 fully saturated rings. The van der Waals surface area contributed by atoms with Crippen molar-refractivity contribution in [2.24, 2.45) is 0 Å². The van der Waals surface area contributed by atoms with Crippen molar-refractivity contribution in [2.75, 3.05) is 24.2 Å². The molecule has 0 aliphatic heterocycles. The summed E-state index contributed by atoms with van der Waals surface area (Å²) in [5.41, 5.74) is 10.2. The molecule has 2 aromatic carbocycles. The van der Waals surface area contributed by atoms with Gasteiger partial charge in [-0.2, -0.15) is 0 Å². The lowest BCUT2D eigenvalue weighted by Gasteiger charge is -2.15. The second-order valence-corrected chi connectivity index (χ2v) is 7.86. The molecule has 0 aliphatic rings. The minimum absolute atomic E-state index is 0.201. The van der Waals surface area contributed by atoms with Gasteiger partial charge >= 0.3 is 6.03 Å². The van der Waals surface area contributed by atoms with E-state index in [0.29, 0.717) is 24.6 Å². The third-order valence-electron chi connectivity index (χ3n) is 5.17. The lowest BCUT2D eigenvalue weighted by molar-refractivity contribution is 0.251. The zero-order valence-corrected chi connectivity index (χ0v) is 18.9. The van der Waals surface area contributed by atoms with Crippen LogP contribution in [-0.2, 0) is 6.54 Å². The first-order chi connectivity index (χ1) is 15.6. The fourth-order valence-electron chi connectivity index (χ4n) is 3.41. The van der Waals surface area contributed by atoms with Gasteiger partial charge in [0.05, 0.1) is 24.3 Å². The number of carbonyl (C=O) groups excluding carboxylic acids is 1. The van der Waals surface area contributed by atoms with E-state index in [0.717, 1.165) is 54.7 Å². The first-order valence-electron chi connectivity index (χ1n) is 11.2. The number of aryl methyl sites for hydroxylation is 2. The van der Waals surface area contributed by atoms with E-state index in [1.54, 1.807) is 0 Å². The molecule has 2 amide bonds. The molecule has 0 aliphatic carbocycles. The molecular formula is C25H33N5O2. The Hall–Kier alpha value is -3.48. The van der Waals surface area contributed by atoms with Crippen LogP contribution in [0.3, 0.4) is 0 Å². The van der Waals surface area contributed by atoms with Gasteiger partial charge in [0.15, 0.2) is 0 Å². The van der Waals surface area contributed by atoms with E-state index >= 15 is 0 Å². The van der Waals surface area contributed by atoms with E-state index in [4.69, 9.17) is 10.5 Å². The third kappa shape index (κ3) is 6.77. The van der Waals surface area contributed by atoms with Crippen LogP contribution in [0.1, 0.15) is 38.2 Å². The number of ether oxygens (including phenoxy) is 1. The first kappa shape index (κ1) is 23.2. The number of nitrogens with two attached hydrogens (primary N) is 1. The van der Waals surface area contributed by atoms with Crippen molar-refractivity contribution >= 4 is 17.4 Å². The van der Waals surface area contributed by atoms with Crippen LogP contribution in [0.25, 0.3) is 11.3 Å². The molecule has 7 heteroatoms. The number of amides is 2. The molecular weight excluding hydrogens is 402 g/mol. The SMILES string of the molecule is CCCCCNC(=O)Nc1c(C)cccc1OCCCn1cnc(-c2cccc(N)c2)c1. The van der Waals surface area contributed by atoms with Gasteiger partial charge in [0.25, 0.3) is 0 Å². The Kier molecular flexibility index (Phi) is 8.54. The van der Waals surface area contributed by atoms with Crippen molar-refractivity contribution in [3.05, 3.63) is 60.6 Å². The van der Waals surface area contributed by atoms with Crippen LogP contribution < -0.4 is 21.1 Å². The Balaban J connectivity index is 1.50. The molecule has 0 saturated heterocycles. The standard InChI is InChI=1S/C25H33N5O2/c1-3-4-5-13-27-25(31)29-24-19(2)9-6-12-23(24)32-15-8-14-30-17-22(28-18-30)20-10-7-11-21(26)16-20/h6-7,9-12,16-18H,3-5,8,13-15,26H2,1-2H3,(H2,27,29,31). The van der Waals surface area contributed by atoms with E-state index < -0.39 is 0 Å². The van der Waals surface area contributed by atoms with Gasteiger partial charge in [-0.25, -0.2) is 9.78 Å². The van der Waals surface area contributed by atoms with Gasteiger partial charge in [0.2, 0.25) is 0 Å². The van der Waals surface area contributed by atoms with Gasteiger partial charge in [0.1, 0.15) is 5.75 Å². The molecule has 0 atom stereocenters. The Morgan fingerprint density at radius 2 is 2.00 bits per heavy atom. The summed E-state index contributed by atoms with van der Waals surface area (Å²) >= 11 is 0. The molecule has 0 radical (unpaired) electrons. The van der Waals surface area contributed by atoms with Crippen LogP contribution in [0.2, 0.25) is 0 Å². The Labute approximate surface area is 190 Å². The number of para-hydroxylation sites is 1. The van der Waals surface area contributed by atoms with Gasteiger partial charge in [-0.3, -0.25) is 0 Å². The zero-order valence-electron chi connectivity index (χ0n) is 18.9. The summed E-state index contributed by atoms with van der Waals surface area (Å²) in [5, 5.41) is 5.84. The number of anilines is 2. The predicted molar refractivity (Wildman–Crippen MR) is 130 cm³/mol. The van der Waals surface area contributed by atoms with Crippen molar-refractivity contribution < 1.29 is 9.53 Å². The molecule has 32 heavy (non-hydrogen) atoms. The van der Waals surface area contributed by atoms with Crippen LogP contribution in [-0.4, -0.2) is 28.7 Å². The van der Waals surface area contributed by atoms with Gasteiger partial charge < -0.3 is 25.7 Å². The highest BCUT2D eigenvalue weighted by Crippen LogP contribution is 2.28. The lowest BCUT2D eigenvalue weighted by atomic mass is 10.1. The quantitative estimate of drug-likeness (QED) is 0.284. The van der Waals surface area contributed by atoms with Crippen molar-refractivity contribution in [1.82, 2.24) is 14.9 Å². The molecule has 7 nitrogen and oxygen atoms in total. The largest absolute Gasteiger partial charge is 0.491 e. The second-order valence-electron chi connectivity index (χ2n) is 7.86. The van der Waals surface area contributed by atoms with Crippen LogP contribution in [0, 0.1) is 6.92 Å². The molecule has 0 bridgehead atoms. The maximum atomic E-state index is 12.2. The zero-order chi connectivity index (χ0) is 22.8. The number of hydrogen-bond donors (Lipinski definition) is 3. The summed E-state index contributed by atoms with van der Waals surface area (Å²) in [6.07, 6.45) is 7.85. The monoisotopic (exact) mass is 435 g/mol.